The number of aromatic nitrogens is 2. The second-order valence-electron chi connectivity index (χ2n) is 7.23. The van der Waals surface area contributed by atoms with Gasteiger partial charge in [-0.3, -0.25) is 4.90 Å². The lowest BCUT2D eigenvalue weighted by molar-refractivity contribution is 0.404. The second kappa shape index (κ2) is 8.90. The van der Waals surface area contributed by atoms with E-state index in [-0.39, 0.29) is 6.04 Å². The van der Waals surface area contributed by atoms with Gasteiger partial charge < -0.3 is 9.84 Å². The first-order valence-corrected chi connectivity index (χ1v) is 12.6. The smallest absolute Gasteiger partial charge is 0.258 e. The maximum Gasteiger partial charge on any atom is 0.258 e. The van der Waals surface area contributed by atoms with Crippen molar-refractivity contribution in [2.24, 2.45) is 0 Å². The Balaban J connectivity index is 1.64. The van der Waals surface area contributed by atoms with Gasteiger partial charge in [-0.2, -0.15) is 4.98 Å². The van der Waals surface area contributed by atoms with Crippen LogP contribution in [-0.4, -0.2) is 21.5 Å². The highest BCUT2D eigenvalue weighted by atomic mass is 32.2. The average molecular weight is 477 g/mol. The van der Waals surface area contributed by atoms with Gasteiger partial charge in [0.1, 0.15) is 0 Å². The third-order valence-corrected chi connectivity index (χ3v) is 7.26. The van der Waals surface area contributed by atoms with Crippen molar-refractivity contribution < 1.29 is 4.52 Å². The lowest BCUT2D eigenvalue weighted by Crippen LogP contribution is -2.46. The largest absolute Gasteiger partial charge is 0.351 e. The Bertz CT molecular complexity index is 1260. The van der Waals surface area contributed by atoms with Crippen molar-refractivity contribution in [1.29, 1.82) is 0 Å². The number of hydrogen-bond donors (Lipinski definition) is 1. The van der Waals surface area contributed by atoms with Crippen molar-refractivity contribution in [3.63, 3.8) is 0 Å². The van der Waals surface area contributed by atoms with Gasteiger partial charge in [-0.1, -0.05) is 41.6 Å². The zero-order chi connectivity index (χ0) is 22.1. The van der Waals surface area contributed by atoms with E-state index in [1.807, 2.05) is 40.6 Å². The summed E-state index contributed by atoms with van der Waals surface area (Å²) in [6.45, 7) is 2.05. The highest BCUT2D eigenvalue weighted by Crippen LogP contribution is 2.39. The fourth-order valence-electron chi connectivity index (χ4n) is 3.80. The van der Waals surface area contributed by atoms with Crippen LogP contribution in [0.1, 0.15) is 24.4 Å². The molecule has 0 fully saturated rings. The molecule has 0 saturated heterocycles. The summed E-state index contributed by atoms with van der Waals surface area (Å²) in [5, 5.41) is 10.4. The Kier molecular flexibility index (Phi) is 5.82. The molecule has 4 aromatic rings. The summed E-state index contributed by atoms with van der Waals surface area (Å²) in [6, 6.07) is 22.3. The van der Waals surface area contributed by atoms with E-state index in [1.54, 1.807) is 23.1 Å². The Morgan fingerprint density at radius 2 is 1.84 bits per heavy atom. The molecule has 2 aromatic carbocycles. The minimum Gasteiger partial charge on any atom is -0.351 e. The van der Waals surface area contributed by atoms with Crippen molar-refractivity contribution in [2.75, 3.05) is 11.2 Å². The van der Waals surface area contributed by atoms with Crippen LogP contribution in [0.4, 0.5) is 5.69 Å². The molecule has 0 aliphatic carbocycles. The van der Waals surface area contributed by atoms with E-state index in [0.717, 1.165) is 27.4 Å². The Labute approximate surface area is 200 Å². The third kappa shape index (κ3) is 3.85. The summed E-state index contributed by atoms with van der Waals surface area (Å²) in [5.74, 6) is 1.08. The van der Waals surface area contributed by atoms with Crippen LogP contribution in [0.25, 0.3) is 16.3 Å². The standard InChI is InChI=1S/C24H20N4OS3/c1-15-20(23-26-22(27-29-23)19-9-6-14-32-19)21(16-7-4-3-5-8-16)25-24(30)28(15)17-10-12-18(31-2)13-11-17/h3-14,21H,1-2H3,(H,25,30). The Morgan fingerprint density at radius 3 is 2.53 bits per heavy atom. The molecule has 1 aliphatic rings. The minimum atomic E-state index is -0.193. The van der Waals surface area contributed by atoms with E-state index in [2.05, 4.69) is 60.1 Å². The van der Waals surface area contributed by atoms with Crippen LogP contribution < -0.4 is 10.2 Å². The molecule has 1 aliphatic heterocycles. The lowest BCUT2D eigenvalue weighted by Gasteiger charge is -2.37. The molecule has 1 atom stereocenters. The summed E-state index contributed by atoms with van der Waals surface area (Å²) in [6.07, 6.45) is 2.07. The number of thiophene rings is 1. The molecule has 32 heavy (non-hydrogen) atoms. The van der Waals surface area contributed by atoms with E-state index < -0.39 is 0 Å². The molecule has 3 heterocycles. The average Bonchev–Trinajstić information content (AvgIpc) is 3.52. The predicted octanol–water partition coefficient (Wildman–Crippen LogP) is 6.39. The SMILES string of the molecule is CSc1ccc(N2C(=S)NC(c3ccccc3)C(c3nc(-c4cccs4)no3)=C2C)cc1. The maximum atomic E-state index is 5.81. The maximum absolute atomic E-state index is 5.81. The van der Waals surface area contributed by atoms with Crippen molar-refractivity contribution in [3.8, 4) is 10.7 Å². The van der Waals surface area contributed by atoms with Crippen LogP contribution in [0.3, 0.4) is 0 Å². The highest BCUT2D eigenvalue weighted by Gasteiger charge is 2.34. The quantitative estimate of drug-likeness (QED) is 0.265. The molecule has 8 heteroatoms. The van der Waals surface area contributed by atoms with Crippen LogP contribution >= 0.6 is 35.3 Å². The zero-order valence-electron chi connectivity index (χ0n) is 17.5. The first kappa shape index (κ1) is 20.9. The summed E-state index contributed by atoms with van der Waals surface area (Å²) in [5.41, 5.74) is 3.94. The molecular formula is C24H20N4OS3. The second-order valence-corrected chi connectivity index (χ2v) is 9.44. The number of rotatable bonds is 5. The van der Waals surface area contributed by atoms with Gasteiger partial charge in [0.05, 0.1) is 16.5 Å². The molecular weight excluding hydrogens is 456 g/mol. The molecule has 5 nitrogen and oxygen atoms in total. The molecule has 5 rings (SSSR count). The number of thiocarbonyl (C=S) groups is 1. The summed E-state index contributed by atoms with van der Waals surface area (Å²) in [4.78, 5) is 8.95. The number of thioether (sulfide) groups is 1. The van der Waals surface area contributed by atoms with Gasteiger partial charge in [0.2, 0.25) is 5.82 Å². The number of nitrogens with one attached hydrogen (secondary N) is 1. The fourth-order valence-corrected chi connectivity index (χ4v) is 5.21. The van der Waals surface area contributed by atoms with Gasteiger partial charge in [-0.25, -0.2) is 0 Å². The fraction of sp³-hybridized carbons (Fsp3) is 0.125. The van der Waals surface area contributed by atoms with Gasteiger partial charge in [-0.15, -0.1) is 23.1 Å². The third-order valence-electron chi connectivity index (χ3n) is 5.35. The first-order valence-electron chi connectivity index (χ1n) is 10.0. The molecule has 1 N–H and O–H groups in total. The normalized spacial score (nSPS) is 16.4. The van der Waals surface area contributed by atoms with E-state index in [0.29, 0.717) is 16.8 Å². The lowest BCUT2D eigenvalue weighted by atomic mass is 9.94. The number of anilines is 1. The Morgan fingerprint density at radius 1 is 1.06 bits per heavy atom. The number of nitrogens with zero attached hydrogens (tertiary/aromatic N) is 3. The van der Waals surface area contributed by atoms with Crippen LogP contribution in [0.2, 0.25) is 0 Å². The molecule has 0 saturated carbocycles. The predicted molar refractivity (Wildman–Crippen MR) is 136 cm³/mol. The molecule has 0 spiro atoms. The number of hydrogen-bond acceptors (Lipinski definition) is 6. The van der Waals surface area contributed by atoms with Crippen molar-refractivity contribution in [2.45, 2.75) is 17.9 Å². The van der Waals surface area contributed by atoms with Gasteiger partial charge in [0.15, 0.2) is 5.11 Å². The van der Waals surface area contributed by atoms with Gasteiger partial charge in [0, 0.05) is 16.3 Å². The first-order chi connectivity index (χ1) is 15.7. The summed E-state index contributed by atoms with van der Waals surface area (Å²) in [7, 11) is 0. The monoisotopic (exact) mass is 476 g/mol. The van der Waals surface area contributed by atoms with Crippen molar-refractivity contribution >= 4 is 51.7 Å². The highest BCUT2D eigenvalue weighted by molar-refractivity contribution is 7.98. The summed E-state index contributed by atoms with van der Waals surface area (Å²) >= 11 is 9.10. The summed E-state index contributed by atoms with van der Waals surface area (Å²) < 4.78 is 5.78. The van der Waals surface area contributed by atoms with Crippen LogP contribution in [-0.2, 0) is 0 Å². The van der Waals surface area contributed by atoms with Crippen LogP contribution in [0, 0.1) is 0 Å². The molecule has 0 amide bonds. The minimum absolute atomic E-state index is 0.193. The van der Waals surface area contributed by atoms with Crippen molar-refractivity contribution in [3.05, 3.63) is 89.3 Å². The molecule has 0 bridgehead atoms. The Hall–Kier alpha value is -2.94. The van der Waals surface area contributed by atoms with E-state index >= 15 is 0 Å². The molecule has 0 radical (unpaired) electrons. The van der Waals surface area contributed by atoms with Crippen molar-refractivity contribution in [1.82, 2.24) is 15.5 Å². The van der Waals surface area contributed by atoms with E-state index in [9.17, 15) is 0 Å². The van der Waals surface area contributed by atoms with E-state index in [1.165, 1.54) is 4.90 Å². The molecule has 2 aromatic heterocycles. The van der Waals surface area contributed by atoms with E-state index in [4.69, 9.17) is 21.7 Å². The van der Waals surface area contributed by atoms with Crippen LogP contribution in [0.15, 0.2) is 87.2 Å². The van der Waals surface area contributed by atoms with Gasteiger partial charge >= 0.3 is 0 Å². The van der Waals surface area contributed by atoms with Gasteiger partial charge in [0.25, 0.3) is 5.89 Å². The topological polar surface area (TPSA) is 54.2 Å². The number of benzene rings is 2. The molecule has 1 unspecified atom stereocenters. The zero-order valence-corrected chi connectivity index (χ0v) is 19.9. The number of allylic oxidation sites excluding steroid dienone is 1. The van der Waals surface area contributed by atoms with Gasteiger partial charge in [-0.05, 0) is 66.7 Å². The van der Waals surface area contributed by atoms with Crippen LogP contribution in [0.5, 0.6) is 0 Å². The molecule has 160 valence electrons.